The van der Waals surface area contributed by atoms with Gasteiger partial charge in [-0.25, -0.2) is 0 Å². The van der Waals surface area contributed by atoms with E-state index >= 15 is 0 Å². The summed E-state index contributed by atoms with van der Waals surface area (Å²) in [7, 11) is 1.66. The summed E-state index contributed by atoms with van der Waals surface area (Å²) in [5.74, 6) is 1.04. The lowest BCUT2D eigenvalue weighted by Crippen LogP contribution is -2.52. The predicted molar refractivity (Wildman–Crippen MR) is 80.8 cm³/mol. The molecule has 21 heavy (non-hydrogen) atoms. The van der Waals surface area contributed by atoms with E-state index in [9.17, 15) is 4.79 Å². The molecule has 2 rings (SSSR count). The first-order chi connectivity index (χ1) is 10.1. The van der Waals surface area contributed by atoms with Crippen LogP contribution in [-0.4, -0.2) is 18.6 Å². The molecule has 0 saturated heterocycles. The zero-order valence-electron chi connectivity index (χ0n) is 12.7. The molecule has 1 aromatic carbocycles. The quantitative estimate of drug-likeness (QED) is 0.874. The highest BCUT2D eigenvalue weighted by Crippen LogP contribution is 2.31. The standard InChI is InChI=1S/C17H22N2O2/c1-13(10-14-6-3-4-7-15(14)21-2)11-16(20)19-17(12-18)8-5-9-17/h3-4,6-7,13H,5,8-11H2,1-2H3,(H,19,20)/t13-/m1/s1. The van der Waals surface area contributed by atoms with Crippen LogP contribution in [0.4, 0.5) is 0 Å². The van der Waals surface area contributed by atoms with E-state index in [0.717, 1.165) is 37.0 Å². The minimum absolute atomic E-state index is 0.0290. The Morgan fingerprint density at radius 3 is 2.76 bits per heavy atom. The first kappa shape index (κ1) is 15.4. The average Bonchev–Trinajstić information content (AvgIpc) is 2.43. The van der Waals surface area contributed by atoms with Crippen LogP contribution in [0.15, 0.2) is 24.3 Å². The monoisotopic (exact) mass is 286 g/mol. The van der Waals surface area contributed by atoms with Crippen LogP contribution < -0.4 is 10.1 Å². The summed E-state index contributed by atoms with van der Waals surface area (Å²) in [6.07, 6.45) is 3.79. The van der Waals surface area contributed by atoms with Gasteiger partial charge in [-0.05, 0) is 43.2 Å². The van der Waals surface area contributed by atoms with Crippen LogP contribution in [0.3, 0.4) is 0 Å². The van der Waals surface area contributed by atoms with Crippen LogP contribution in [0.2, 0.25) is 0 Å². The molecule has 0 aromatic heterocycles. The molecule has 0 unspecified atom stereocenters. The maximum Gasteiger partial charge on any atom is 0.221 e. The van der Waals surface area contributed by atoms with Gasteiger partial charge in [0, 0.05) is 6.42 Å². The van der Waals surface area contributed by atoms with Crippen molar-refractivity contribution in [3.8, 4) is 11.8 Å². The summed E-state index contributed by atoms with van der Waals surface area (Å²) in [6, 6.07) is 10.1. The van der Waals surface area contributed by atoms with Gasteiger partial charge in [0.15, 0.2) is 0 Å². The van der Waals surface area contributed by atoms with Gasteiger partial charge in [0.2, 0.25) is 5.91 Å². The fourth-order valence-electron chi connectivity index (χ4n) is 2.75. The highest BCUT2D eigenvalue weighted by molar-refractivity contribution is 5.77. The van der Waals surface area contributed by atoms with Gasteiger partial charge in [-0.2, -0.15) is 5.26 Å². The fourth-order valence-corrected chi connectivity index (χ4v) is 2.75. The van der Waals surface area contributed by atoms with E-state index < -0.39 is 5.54 Å². The molecule has 1 aromatic rings. The smallest absolute Gasteiger partial charge is 0.221 e. The minimum Gasteiger partial charge on any atom is -0.496 e. The maximum atomic E-state index is 12.1. The molecule has 0 radical (unpaired) electrons. The molecule has 1 atom stereocenters. The molecule has 1 aliphatic carbocycles. The summed E-state index contributed by atoms with van der Waals surface area (Å²) in [5.41, 5.74) is 0.514. The number of nitriles is 1. The van der Waals surface area contributed by atoms with Crippen LogP contribution in [-0.2, 0) is 11.2 Å². The topological polar surface area (TPSA) is 62.1 Å². The van der Waals surface area contributed by atoms with Gasteiger partial charge in [-0.3, -0.25) is 4.79 Å². The minimum atomic E-state index is -0.596. The van der Waals surface area contributed by atoms with Crippen molar-refractivity contribution in [1.29, 1.82) is 5.26 Å². The number of ether oxygens (including phenoxy) is 1. The molecule has 4 heteroatoms. The van der Waals surface area contributed by atoms with Crippen LogP contribution >= 0.6 is 0 Å². The molecule has 0 heterocycles. The van der Waals surface area contributed by atoms with Crippen molar-refractivity contribution in [3.63, 3.8) is 0 Å². The second-order valence-corrected chi connectivity index (χ2v) is 5.92. The molecule has 0 bridgehead atoms. The van der Waals surface area contributed by atoms with Crippen LogP contribution in [0.1, 0.15) is 38.2 Å². The number of methoxy groups -OCH3 is 1. The van der Waals surface area contributed by atoms with Crippen molar-refractivity contribution in [2.75, 3.05) is 7.11 Å². The van der Waals surface area contributed by atoms with Gasteiger partial charge in [0.1, 0.15) is 11.3 Å². The van der Waals surface area contributed by atoms with Crippen LogP contribution in [0.5, 0.6) is 5.75 Å². The third kappa shape index (κ3) is 3.75. The fraction of sp³-hybridized carbons (Fsp3) is 0.529. The van der Waals surface area contributed by atoms with Gasteiger partial charge in [0.05, 0.1) is 13.2 Å². The third-order valence-corrected chi connectivity index (χ3v) is 4.09. The van der Waals surface area contributed by atoms with E-state index in [-0.39, 0.29) is 11.8 Å². The molecular formula is C17H22N2O2. The van der Waals surface area contributed by atoms with E-state index in [1.807, 2.05) is 31.2 Å². The van der Waals surface area contributed by atoms with Gasteiger partial charge in [-0.15, -0.1) is 0 Å². The summed E-state index contributed by atoms with van der Waals surface area (Å²) >= 11 is 0. The van der Waals surface area contributed by atoms with E-state index in [4.69, 9.17) is 10.00 Å². The number of para-hydroxylation sites is 1. The Balaban J connectivity index is 1.88. The summed E-state index contributed by atoms with van der Waals surface area (Å²) in [4.78, 5) is 12.1. The molecule has 1 amide bonds. The molecule has 4 nitrogen and oxygen atoms in total. The number of carbonyl (C=O) groups is 1. The van der Waals surface area contributed by atoms with Gasteiger partial charge in [-0.1, -0.05) is 25.1 Å². The first-order valence-corrected chi connectivity index (χ1v) is 7.43. The molecule has 1 fully saturated rings. The van der Waals surface area contributed by atoms with Crippen molar-refractivity contribution in [2.24, 2.45) is 5.92 Å². The number of nitrogens with zero attached hydrogens (tertiary/aromatic N) is 1. The normalized spacial score (nSPS) is 17.2. The molecule has 112 valence electrons. The Morgan fingerprint density at radius 1 is 1.48 bits per heavy atom. The van der Waals surface area contributed by atoms with Crippen molar-refractivity contribution in [3.05, 3.63) is 29.8 Å². The summed E-state index contributed by atoms with van der Waals surface area (Å²) < 4.78 is 5.33. The second kappa shape index (κ2) is 6.62. The Hall–Kier alpha value is -2.02. The number of benzene rings is 1. The molecule has 0 aliphatic heterocycles. The SMILES string of the molecule is COc1ccccc1C[C@@H](C)CC(=O)NC1(C#N)CCC1. The Morgan fingerprint density at radius 2 is 2.19 bits per heavy atom. The van der Waals surface area contributed by atoms with E-state index in [1.54, 1.807) is 7.11 Å². The maximum absolute atomic E-state index is 12.1. The average molecular weight is 286 g/mol. The number of amides is 1. The van der Waals surface area contributed by atoms with Crippen LogP contribution in [0, 0.1) is 17.2 Å². The Labute approximate surface area is 126 Å². The van der Waals surface area contributed by atoms with E-state index in [0.29, 0.717) is 6.42 Å². The van der Waals surface area contributed by atoms with Gasteiger partial charge >= 0.3 is 0 Å². The molecular weight excluding hydrogens is 264 g/mol. The Kier molecular flexibility index (Phi) is 4.85. The number of rotatable bonds is 6. The number of hydrogen-bond donors (Lipinski definition) is 1. The van der Waals surface area contributed by atoms with Crippen molar-refractivity contribution < 1.29 is 9.53 Å². The lowest BCUT2D eigenvalue weighted by molar-refractivity contribution is -0.124. The third-order valence-electron chi connectivity index (χ3n) is 4.09. The largest absolute Gasteiger partial charge is 0.496 e. The number of hydrogen-bond acceptors (Lipinski definition) is 3. The van der Waals surface area contributed by atoms with E-state index in [1.165, 1.54) is 0 Å². The highest BCUT2D eigenvalue weighted by Gasteiger charge is 2.38. The predicted octanol–water partition coefficient (Wildman–Crippen LogP) is 2.83. The van der Waals surface area contributed by atoms with Crippen LogP contribution in [0.25, 0.3) is 0 Å². The zero-order chi connectivity index (χ0) is 15.3. The van der Waals surface area contributed by atoms with Gasteiger partial charge < -0.3 is 10.1 Å². The second-order valence-electron chi connectivity index (χ2n) is 5.92. The van der Waals surface area contributed by atoms with Crippen molar-refractivity contribution in [1.82, 2.24) is 5.32 Å². The molecule has 1 N–H and O–H groups in total. The molecule has 1 saturated carbocycles. The van der Waals surface area contributed by atoms with Crippen molar-refractivity contribution in [2.45, 2.75) is 44.6 Å². The zero-order valence-corrected chi connectivity index (χ0v) is 12.7. The summed E-state index contributed by atoms with van der Waals surface area (Å²) in [6.45, 7) is 2.05. The lowest BCUT2D eigenvalue weighted by Gasteiger charge is -2.36. The molecule has 1 aliphatic rings. The molecule has 0 spiro atoms. The number of nitrogens with one attached hydrogen (secondary N) is 1. The lowest BCUT2D eigenvalue weighted by atomic mass is 9.78. The Bertz CT molecular complexity index is 544. The highest BCUT2D eigenvalue weighted by atomic mass is 16.5. The van der Waals surface area contributed by atoms with E-state index in [2.05, 4.69) is 11.4 Å². The van der Waals surface area contributed by atoms with Gasteiger partial charge in [0.25, 0.3) is 0 Å². The first-order valence-electron chi connectivity index (χ1n) is 7.43. The van der Waals surface area contributed by atoms with Crippen molar-refractivity contribution >= 4 is 5.91 Å². The summed E-state index contributed by atoms with van der Waals surface area (Å²) in [5, 5.41) is 12.0. The number of carbonyl (C=O) groups excluding carboxylic acids is 1.